The molecule has 1 unspecified atom stereocenters. The van der Waals surface area contributed by atoms with Crippen molar-refractivity contribution in [2.75, 3.05) is 33.5 Å². The first-order valence-electron chi connectivity index (χ1n) is 5.14. The van der Waals surface area contributed by atoms with Crippen LogP contribution in [-0.2, 0) is 14.2 Å². The van der Waals surface area contributed by atoms with Gasteiger partial charge < -0.3 is 14.2 Å². The van der Waals surface area contributed by atoms with Gasteiger partial charge in [-0.1, -0.05) is 19.4 Å². The molecule has 0 aromatic heterocycles. The highest BCUT2D eigenvalue weighted by molar-refractivity contribution is 4.65. The molecule has 0 saturated carbocycles. The van der Waals surface area contributed by atoms with Crippen LogP contribution < -0.4 is 0 Å². The lowest BCUT2D eigenvalue weighted by molar-refractivity contribution is -0.0473. The van der Waals surface area contributed by atoms with E-state index in [2.05, 4.69) is 13.5 Å². The second kappa shape index (κ2) is 10.7. The van der Waals surface area contributed by atoms with E-state index in [1.54, 1.807) is 13.2 Å². The second-order valence-electron chi connectivity index (χ2n) is 3.13. The Balaban J connectivity index is 3.48. The van der Waals surface area contributed by atoms with E-state index in [0.717, 1.165) is 19.4 Å². The van der Waals surface area contributed by atoms with Crippen molar-refractivity contribution in [2.45, 2.75) is 25.9 Å². The highest BCUT2D eigenvalue weighted by Gasteiger charge is 2.07. The standard InChI is InChI=1S/C11H22O3/c1-4-6-8-14-11(9-12-3)10-13-7-5-2/h5,11H,2,4,6-10H2,1,3H3. The monoisotopic (exact) mass is 202 g/mol. The summed E-state index contributed by atoms with van der Waals surface area (Å²) in [5.74, 6) is 0. The molecule has 0 aliphatic rings. The van der Waals surface area contributed by atoms with Crippen LogP contribution in [0.4, 0.5) is 0 Å². The first-order valence-corrected chi connectivity index (χ1v) is 5.14. The quantitative estimate of drug-likeness (QED) is 0.401. The molecule has 0 rings (SSSR count). The summed E-state index contributed by atoms with van der Waals surface area (Å²) in [6.45, 7) is 8.23. The minimum Gasteiger partial charge on any atom is -0.382 e. The molecule has 0 spiro atoms. The van der Waals surface area contributed by atoms with Gasteiger partial charge in [0.05, 0.1) is 19.8 Å². The molecule has 0 fully saturated rings. The van der Waals surface area contributed by atoms with Crippen LogP contribution in [0.25, 0.3) is 0 Å². The van der Waals surface area contributed by atoms with E-state index in [1.807, 2.05) is 0 Å². The fourth-order valence-electron chi connectivity index (χ4n) is 1.01. The van der Waals surface area contributed by atoms with Crippen LogP contribution in [0.15, 0.2) is 12.7 Å². The summed E-state index contributed by atoms with van der Waals surface area (Å²) < 4.78 is 15.9. The van der Waals surface area contributed by atoms with Crippen molar-refractivity contribution in [3.63, 3.8) is 0 Å². The van der Waals surface area contributed by atoms with E-state index < -0.39 is 0 Å². The average Bonchev–Trinajstić information content (AvgIpc) is 2.18. The smallest absolute Gasteiger partial charge is 0.104 e. The van der Waals surface area contributed by atoms with E-state index in [1.165, 1.54) is 0 Å². The maximum atomic E-state index is 5.59. The molecule has 0 aliphatic heterocycles. The third-order valence-corrected chi connectivity index (χ3v) is 1.74. The molecule has 0 amide bonds. The van der Waals surface area contributed by atoms with Crippen molar-refractivity contribution in [2.24, 2.45) is 0 Å². The largest absolute Gasteiger partial charge is 0.382 e. The number of hydrogen-bond donors (Lipinski definition) is 0. The van der Waals surface area contributed by atoms with E-state index in [9.17, 15) is 0 Å². The Kier molecular flexibility index (Phi) is 10.4. The Bertz CT molecular complexity index is 126. The van der Waals surface area contributed by atoms with Gasteiger partial charge in [-0.2, -0.15) is 0 Å². The number of hydrogen-bond acceptors (Lipinski definition) is 3. The molecule has 0 bridgehead atoms. The van der Waals surface area contributed by atoms with Crippen LogP contribution in [0.2, 0.25) is 0 Å². The molecule has 3 heteroatoms. The Labute approximate surface area is 87.0 Å². The summed E-state index contributed by atoms with van der Waals surface area (Å²) in [5.41, 5.74) is 0. The van der Waals surface area contributed by atoms with Crippen LogP contribution in [0.3, 0.4) is 0 Å². The van der Waals surface area contributed by atoms with Gasteiger partial charge in [0, 0.05) is 13.7 Å². The van der Waals surface area contributed by atoms with Crippen LogP contribution in [0, 0.1) is 0 Å². The molecule has 0 saturated heterocycles. The number of unbranched alkanes of at least 4 members (excludes halogenated alkanes) is 1. The molecule has 3 nitrogen and oxygen atoms in total. The van der Waals surface area contributed by atoms with Crippen molar-refractivity contribution < 1.29 is 14.2 Å². The minimum atomic E-state index is 0.0477. The van der Waals surface area contributed by atoms with Crippen molar-refractivity contribution >= 4 is 0 Å². The molecule has 14 heavy (non-hydrogen) atoms. The Hall–Kier alpha value is -0.380. The van der Waals surface area contributed by atoms with Crippen LogP contribution >= 0.6 is 0 Å². The van der Waals surface area contributed by atoms with Crippen molar-refractivity contribution in [3.8, 4) is 0 Å². The lowest BCUT2D eigenvalue weighted by Crippen LogP contribution is -2.25. The molecule has 0 aromatic rings. The molecule has 0 N–H and O–H groups in total. The molecule has 0 heterocycles. The summed E-state index contributed by atoms with van der Waals surface area (Å²) in [7, 11) is 1.67. The zero-order valence-corrected chi connectivity index (χ0v) is 9.33. The molecule has 1 atom stereocenters. The van der Waals surface area contributed by atoms with Gasteiger partial charge in [0.1, 0.15) is 6.10 Å². The molecule has 84 valence electrons. The molecular formula is C11H22O3. The van der Waals surface area contributed by atoms with Gasteiger partial charge in [-0.05, 0) is 6.42 Å². The first-order chi connectivity index (χ1) is 6.85. The predicted molar refractivity (Wildman–Crippen MR) is 57.5 cm³/mol. The van der Waals surface area contributed by atoms with Gasteiger partial charge in [-0.25, -0.2) is 0 Å². The van der Waals surface area contributed by atoms with Gasteiger partial charge in [0.25, 0.3) is 0 Å². The van der Waals surface area contributed by atoms with Crippen LogP contribution in [0.5, 0.6) is 0 Å². The van der Waals surface area contributed by atoms with Crippen molar-refractivity contribution in [1.29, 1.82) is 0 Å². The first kappa shape index (κ1) is 13.6. The van der Waals surface area contributed by atoms with E-state index in [-0.39, 0.29) is 6.10 Å². The highest BCUT2D eigenvalue weighted by Crippen LogP contribution is 1.98. The lowest BCUT2D eigenvalue weighted by atomic mass is 10.3. The van der Waals surface area contributed by atoms with Crippen molar-refractivity contribution in [3.05, 3.63) is 12.7 Å². The SMILES string of the molecule is C=CCOCC(COC)OCCCC. The Morgan fingerprint density at radius 2 is 2.14 bits per heavy atom. The normalized spacial score (nSPS) is 12.7. The maximum absolute atomic E-state index is 5.59. The van der Waals surface area contributed by atoms with Gasteiger partial charge in [0.2, 0.25) is 0 Å². The molecule has 0 radical (unpaired) electrons. The predicted octanol–water partition coefficient (Wildman–Crippen LogP) is 2.02. The molecule has 0 aromatic carbocycles. The number of methoxy groups -OCH3 is 1. The maximum Gasteiger partial charge on any atom is 0.104 e. The summed E-state index contributed by atoms with van der Waals surface area (Å²) in [5, 5.41) is 0. The summed E-state index contributed by atoms with van der Waals surface area (Å²) in [6, 6.07) is 0. The third-order valence-electron chi connectivity index (χ3n) is 1.74. The van der Waals surface area contributed by atoms with Crippen molar-refractivity contribution in [1.82, 2.24) is 0 Å². The Morgan fingerprint density at radius 3 is 2.71 bits per heavy atom. The fraction of sp³-hybridized carbons (Fsp3) is 0.818. The molecule has 0 aliphatic carbocycles. The highest BCUT2D eigenvalue weighted by atomic mass is 16.6. The van der Waals surface area contributed by atoms with Crippen LogP contribution in [-0.4, -0.2) is 39.6 Å². The zero-order valence-electron chi connectivity index (χ0n) is 9.33. The third kappa shape index (κ3) is 8.23. The van der Waals surface area contributed by atoms with E-state index in [0.29, 0.717) is 19.8 Å². The number of ether oxygens (including phenoxy) is 3. The number of rotatable bonds is 10. The fourth-order valence-corrected chi connectivity index (χ4v) is 1.01. The summed E-state index contributed by atoms with van der Waals surface area (Å²) in [6.07, 6.45) is 4.01. The van der Waals surface area contributed by atoms with Crippen LogP contribution in [0.1, 0.15) is 19.8 Å². The zero-order chi connectivity index (χ0) is 10.6. The second-order valence-corrected chi connectivity index (χ2v) is 3.13. The van der Waals surface area contributed by atoms with Gasteiger partial charge >= 0.3 is 0 Å². The average molecular weight is 202 g/mol. The van der Waals surface area contributed by atoms with Gasteiger partial charge in [0.15, 0.2) is 0 Å². The summed E-state index contributed by atoms with van der Waals surface area (Å²) in [4.78, 5) is 0. The summed E-state index contributed by atoms with van der Waals surface area (Å²) >= 11 is 0. The topological polar surface area (TPSA) is 27.7 Å². The minimum absolute atomic E-state index is 0.0477. The van der Waals surface area contributed by atoms with Gasteiger partial charge in [-0.3, -0.25) is 0 Å². The molecular weight excluding hydrogens is 180 g/mol. The lowest BCUT2D eigenvalue weighted by Gasteiger charge is -2.16. The Morgan fingerprint density at radius 1 is 1.36 bits per heavy atom. The van der Waals surface area contributed by atoms with E-state index in [4.69, 9.17) is 14.2 Å². The van der Waals surface area contributed by atoms with Gasteiger partial charge in [-0.15, -0.1) is 6.58 Å². The van der Waals surface area contributed by atoms with E-state index >= 15 is 0 Å².